The van der Waals surface area contributed by atoms with Crippen molar-refractivity contribution in [2.24, 2.45) is 0 Å². The Morgan fingerprint density at radius 1 is 1.16 bits per heavy atom. The number of ether oxygens (including phenoxy) is 2. The molecule has 4 heteroatoms. The van der Waals surface area contributed by atoms with E-state index in [1.54, 1.807) is 14.2 Å². The van der Waals surface area contributed by atoms with Crippen molar-refractivity contribution in [2.45, 2.75) is 38.1 Å². The number of aryl methyl sites for hydroxylation is 1. The molecule has 1 aromatic rings. The Morgan fingerprint density at radius 3 is 2.53 bits per heavy atom. The third kappa shape index (κ3) is 4.39. The molecule has 0 amide bonds. The predicted octanol–water partition coefficient (Wildman–Crippen LogP) is 3.54. The first-order chi connectivity index (χ1) is 9.24. The van der Waals surface area contributed by atoms with Crippen LogP contribution in [0, 0.1) is 0 Å². The smallest absolute Gasteiger partial charge is 0.133 e. The SMILES string of the molecule is COc1cc(CCCCNC2CC2)c(OC)cc1Br. The highest BCUT2D eigenvalue weighted by Crippen LogP contribution is 2.33. The van der Waals surface area contributed by atoms with Crippen molar-refractivity contribution >= 4 is 15.9 Å². The lowest BCUT2D eigenvalue weighted by atomic mass is 10.1. The molecule has 1 fully saturated rings. The summed E-state index contributed by atoms with van der Waals surface area (Å²) in [4.78, 5) is 0. The minimum atomic E-state index is 0.808. The number of methoxy groups -OCH3 is 2. The molecular weight excluding hydrogens is 306 g/mol. The van der Waals surface area contributed by atoms with Gasteiger partial charge in [-0.3, -0.25) is 0 Å². The van der Waals surface area contributed by atoms with Crippen molar-refractivity contribution in [2.75, 3.05) is 20.8 Å². The maximum absolute atomic E-state index is 5.43. The third-order valence-electron chi connectivity index (χ3n) is 3.44. The zero-order valence-electron chi connectivity index (χ0n) is 11.7. The van der Waals surface area contributed by atoms with Crippen LogP contribution >= 0.6 is 15.9 Å². The van der Waals surface area contributed by atoms with E-state index in [4.69, 9.17) is 9.47 Å². The summed E-state index contributed by atoms with van der Waals surface area (Å²) in [5.41, 5.74) is 1.22. The van der Waals surface area contributed by atoms with E-state index in [1.807, 2.05) is 6.07 Å². The monoisotopic (exact) mass is 327 g/mol. The fraction of sp³-hybridized carbons (Fsp3) is 0.600. The van der Waals surface area contributed by atoms with Crippen molar-refractivity contribution < 1.29 is 9.47 Å². The van der Waals surface area contributed by atoms with E-state index in [1.165, 1.54) is 31.2 Å². The Balaban J connectivity index is 1.85. The van der Waals surface area contributed by atoms with Gasteiger partial charge in [0.1, 0.15) is 11.5 Å². The lowest BCUT2D eigenvalue weighted by molar-refractivity contribution is 0.396. The van der Waals surface area contributed by atoms with E-state index in [0.717, 1.165) is 35.0 Å². The number of rotatable bonds is 8. The molecular formula is C15H22BrNO2. The molecule has 0 radical (unpaired) electrons. The second-order valence-electron chi connectivity index (χ2n) is 4.98. The first-order valence-corrected chi connectivity index (χ1v) is 7.67. The molecule has 0 unspecified atom stereocenters. The Kier molecular flexibility index (Phi) is 5.52. The van der Waals surface area contributed by atoms with Crippen molar-refractivity contribution in [3.8, 4) is 11.5 Å². The highest BCUT2D eigenvalue weighted by molar-refractivity contribution is 9.10. The van der Waals surface area contributed by atoms with Gasteiger partial charge >= 0.3 is 0 Å². The van der Waals surface area contributed by atoms with Crippen LogP contribution < -0.4 is 14.8 Å². The van der Waals surface area contributed by atoms with Gasteiger partial charge in [0.2, 0.25) is 0 Å². The molecule has 0 saturated heterocycles. The summed E-state index contributed by atoms with van der Waals surface area (Å²) in [5, 5.41) is 3.54. The predicted molar refractivity (Wildman–Crippen MR) is 81.2 cm³/mol. The average molecular weight is 328 g/mol. The highest BCUT2D eigenvalue weighted by atomic mass is 79.9. The van der Waals surface area contributed by atoms with Crippen LogP contribution in [0.15, 0.2) is 16.6 Å². The molecule has 1 aromatic carbocycles. The zero-order chi connectivity index (χ0) is 13.7. The topological polar surface area (TPSA) is 30.5 Å². The summed E-state index contributed by atoms with van der Waals surface area (Å²) < 4.78 is 11.7. The van der Waals surface area contributed by atoms with Crippen LogP contribution in [0.2, 0.25) is 0 Å². The van der Waals surface area contributed by atoms with E-state index in [2.05, 4.69) is 27.3 Å². The average Bonchev–Trinajstić information content (AvgIpc) is 3.23. The Labute approximate surface area is 123 Å². The van der Waals surface area contributed by atoms with E-state index in [-0.39, 0.29) is 0 Å². The summed E-state index contributed by atoms with van der Waals surface area (Å²) in [6, 6.07) is 4.86. The quantitative estimate of drug-likeness (QED) is 0.741. The standard InChI is InChI=1S/C15H22BrNO2/c1-18-14-10-13(16)15(19-2)9-11(14)5-3-4-8-17-12-6-7-12/h9-10,12,17H,3-8H2,1-2H3. The van der Waals surface area contributed by atoms with Crippen LogP contribution in [0.25, 0.3) is 0 Å². The Morgan fingerprint density at radius 2 is 1.89 bits per heavy atom. The maximum atomic E-state index is 5.43. The normalized spacial score (nSPS) is 14.5. The fourth-order valence-corrected chi connectivity index (χ4v) is 2.64. The Hall–Kier alpha value is -0.740. The molecule has 0 bridgehead atoms. The minimum Gasteiger partial charge on any atom is -0.496 e. The molecule has 106 valence electrons. The van der Waals surface area contributed by atoms with Gasteiger partial charge in [0.25, 0.3) is 0 Å². The van der Waals surface area contributed by atoms with Gasteiger partial charge in [0.15, 0.2) is 0 Å². The second-order valence-corrected chi connectivity index (χ2v) is 5.84. The zero-order valence-corrected chi connectivity index (χ0v) is 13.3. The largest absolute Gasteiger partial charge is 0.496 e. The van der Waals surface area contributed by atoms with Crippen LogP contribution in [0.1, 0.15) is 31.2 Å². The number of nitrogens with one attached hydrogen (secondary N) is 1. The van der Waals surface area contributed by atoms with Gasteiger partial charge in [-0.05, 0) is 72.3 Å². The van der Waals surface area contributed by atoms with Crippen molar-refractivity contribution in [3.05, 3.63) is 22.2 Å². The molecule has 3 nitrogen and oxygen atoms in total. The maximum Gasteiger partial charge on any atom is 0.133 e. The number of benzene rings is 1. The van der Waals surface area contributed by atoms with Crippen LogP contribution in [0.3, 0.4) is 0 Å². The van der Waals surface area contributed by atoms with Crippen molar-refractivity contribution in [1.29, 1.82) is 0 Å². The van der Waals surface area contributed by atoms with Crippen molar-refractivity contribution in [3.63, 3.8) is 0 Å². The molecule has 19 heavy (non-hydrogen) atoms. The van der Waals surface area contributed by atoms with Crippen molar-refractivity contribution in [1.82, 2.24) is 5.32 Å². The molecule has 0 heterocycles. The first kappa shape index (κ1) is 14.7. The van der Waals surface area contributed by atoms with E-state index in [9.17, 15) is 0 Å². The molecule has 1 aliphatic rings. The van der Waals surface area contributed by atoms with Gasteiger partial charge in [-0.2, -0.15) is 0 Å². The van der Waals surface area contributed by atoms with Crippen LogP contribution in [-0.2, 0) is 6.42 Å². The van der Waals surface area contributed by atoms with E-state index in [0.29, 0.717) is 0 Å². The molecule has 0 aliphatic heterocycles. The highest BCUT2D eigenvalue weighted by Gasteiger charge is 2.19. The van der Waals surface area contributed by atoms with Crippen LogP contribution in [-0.4, -0.2) is 26.8 Å². The molecule has 0 spiro atoms. The number of hydrogen-bond acceptors (Lipinski definition) is 3. The lowest BCUT2D eigenvalue weighted by Crippen LogP contribution is -2.17. The summed E-state index contributed by atoms with van der Waals surface area (Å²) in [7, 11) is 3.41. The first-order valence-electron chi connectivity index (χ1n) is 6.88. The molecule has 0 atom stereocenters. The Bertz CT molecular complexity index is 419. The van der Waals surface area contributed by atoms with Crippen LogP contribution in [0.4, 0.5) is 0 Å². The molecule has 1 saturated carbocycles. The molecule has 1 aliphatic carbocycles. The van der Waals surface area contributed by atoms with Gasteiger partial charge in [-0.1, -0.05) is 0 Å². The van der Waals surface area contributed by atoms with Crippen LogP contribution in [0.5, 0.6) is 11.5 Å². The fourth-order valence-electron chi connectivity index (χ4n) is 2.15. The number of halogens is 1. The van der Waals surface area contributed by atoms with Gasteiger partial charge in [-0.15, -0.1) is 0 Å². The van der Waals surface area contributed by atoms with Gasteiger partial charge < -0.3 is 14.8 Å². The van der Waals surface area contributed by atoms with Gasteiger partial charge in [0, 0.05) is 6.04 Å². The van der Waals surface area contributed by atoms with Gasteiger partial charge in [-0.25, -0.2) is 0 Å². The second kappa shape index (κ2) is 7.15. The third-order valence-corrected chi connectivity index (χ3v) is 4.06. The van der Waals surface area contributed by atoms with Gasteiger partial charge in [0.05, 0.1) is 18.7 Å². The summed E-state index contributed by atoms with van der Waals surface area (Å²) in [6.45, 7) is 1.13. The van der Waals surface area contributed by atoms with E-state index < -0.39 is 0 Å². The molecule has 1 N–H and O–H groups in total. The molecule has 2 rings (SSSR count). The molecule has 0 aromatic heterocycles. The number of hydrogen-bond donors (Lipinski definition) is 1. The van der Waals surface area contributed by atoms with E-state index >= 15 is 0 Å². The lowest BCUT2D eigenvalue weighted by Gasteiger charge is -2.12. The summed E-state index contributed by atoms with van der Waals surface area (Å²) in [6.07, 6.45) is 6.12. The number of unbranched alkanes of at least 4 members (excludes halogenated alkanes) is 1. The minimum absolute atomic E-state index is 0.808. The summed E-state index contributed by atoms with van der Waals surface area (Å²) >= 11 is 3.48. The summed E-state index contributed by atoms with van der Waals surface area (Å²) in [5.74, 6) is 1.80.